The number of carbonyl (C=O) groups excluding carboxylic acids is 3. The van der Waals surface area contributed by atoms with Gasteiger partial charge in [-0.3, -0.25) is 20.2 Å². The molecule has 0 bridgehead atoms. The van der Waals surface area contributed by atoms with Crippen LogP contribution in [0.15, 0.2) is 18.2 Å². The highest BCUT2D eigenvalue weighted by molar-refractivity contribution is 5.98. The second-order valence-corrected chi connectivity index (χ2v) is 6.49. The Morgan fingerprint density at radius 1 is 1.21 bits per heavy atom. The van der Waals surface area contributed by atoms with Gasteiger partial charge in [0.2, 0.25) is 0 Å². The van der Waals surface area contributed by atoms with E-state index in [9.17, 15) is 24.5 Å². The van der Waals surface area contributed by atoms with Gasteiger partial charge in [0.25, 0.3) is 5.91 Å². The summed E-state index contributed by atoms with van der Waals surface area (Å²) in [6, 6.07) is 2.94. The molecule has 0 heterocycles. The maximum absolute atomic E-state index is 12.2. The van der Waals surface area contributed by atoms with Crippen molar-refractivity contribution in [3.8, 4) is 5.75 Å². The fourth-order valence-electron chi connectivity index (χ4n) is 2.92. The zero-order valence-electron chi connectivity index (χ0n) is 15.7. The number of ether oxygens (including phenoxy) is 2. The molecule has 0 radical (unpaired) electrons. The van der Waals surface area contributed by atoms with Crippen molar-refractivity contribution in [2.24, 2.45) is 0 Å². The van der Waals surface area contributed by atoms with Crippen LogP contribution in [0.2, 0.25) is 0 Å². The molecule has 1 aromatic rings. The predicted molar refractivity (Wildman–Crippen MR) is 98.1 cm³/mol. The van der Waals surface area contributed by atoms with Crippen molar-refractivity contribution in [3.63, 3.8) is 0 Å². The van der Waals surface area contributed by atoms with Crippen molar-refractivity contribution in [1.29, 1.82) is 0 Å². The summed E-state index contributed by atoms with van der Waals surface area (Å²) in [5.74, 6) is -1.72. The second kappa shape index (κ2) is 9.67. The number of rotatable bonds is 6. The van der Waals surface area contributed by atoms with Crippen molar-refractivity contribution in [2.45, 2.75) is 51.2 Å². The molecule has 1 aliphatic carbocycles. The Labute approximate surface area is 161 Å². The van der Waals surface area contributed by atoms with Crippen LogP contribution in [0.5, 0.6) is 5.75 Å². The van der Waals surface area contributed by atoms with Crippen LogP contribution in [0.4, 0.5) is 10.5 Å². The van der Waals surface area contributed by atoms with Gasteiger partial charge in [0.05, 0.1) is 17.6 Å². The Balaban J connectivity index is 1.92. The van der Waals surface area contributed by atoms with Crippen molar-refractivity contribution in [2.75, 3.05) is 7.11 Å². The lowest BCUT2D eigenvalue weighted by Gasteiger charge is -2.23. The lowest BCUT2D eigenvalue weighted by molar-refractivity contribution is -0.385. The summed E-state index contributed by atoms with van der Waals surface area (Å²) < 4.78 is 9.87. The highest BCUT2D eigenvalue weighted by Gasteiger charge is 2.24. The van der Waals surface area contributed by atoms with E-state index in [1.54, 1.807) is 0 Å². The number of nitro groups is 1. The van der Waals surface area contributed by atoms with E-state index in [1.807, 2.05) is 0 Å². The van der Waals surface area contributed by atoms with Gasteiger partial charge in [-0.2, -0.15) is 0 Å². The highest BCUT2D eigenvalue weighted by atomic mass is 16.6. The first-order chi connectivity index (χ1) is 13.3. The zero-order valence-corrected chi connectivity index (χ0v) is 15.7. The van der Waals surface area contributed by atoms with Crippen LogP contribution in [0.1, 0.15) is 49.4 Å². The van der Waals surface area contributed by atoms with Gasteiger partial charge in [0, 0.05) is 12.1 Å². The Hall–Kier alpha value is -3.17. The number of urea groups is 1. The summed E-state index contributed by atoms with van der Waals surface area (Å²) in [4.78, 5) is 46.5. The SMILES string of the molecule is COc1ccc(C(=O)O[C@@H](C)C(=O)NC(=O)NC2CCCCC2)cc1[N+](=O)[O-]. The number of hydrogen-bond donors (Lipinski definition) is 2. The standard InChI is InChI=1S/C18H23N3O7/c1-11(16(22)20-18(24)19-13-6-4-3-5-7-13)28-17(23)12-8-9-15(27-2)14(10-12)21(25)26/h8-11,13H,3-7H2,1-2H3,(H2,19,20,22,24)/t11-/m0/s1. The molecule has 152 valence electrons. The third kappa shape index (κ3) is 5.66. The van der Waals surface area contributed by atoms with Crippen molar-refractivity contribution in [3.05, 3.63) is 33.9 Å². The summed E-state index contributed by atoms with van der Waals surface area (Å²) in [5.41, 5.74) is -0.514. The molecule has 1 aliphatic rings. The third-order valence-corrected chi connectivity index (χ3v) is 4.44. The normalized spacial score (nSPS) is 15.2. The minimum Gasteiger partial charge on any atom is -0.490 e. The number of nitrogens with one attached hydrogen (secondary N) is 2. The molecule has 0 unspecified atom stereocenters. The zero-order chi connectivity index (χ0) is 20.7. The Morgan fingerprint density at radius 2 is 1.89 bits per heavy atom. The molecule has 10 nitrogen and oxygen atoms in total. The number of nitro benzene ring substituents is 1. The molecule has 3 amide bonds. The van der Waals surface area contributed by atoms with Crippen molar-refractivity contribution in [1.82, 2.24) is 10.6 Å². The van der Waals surface area contributed by atoms with Gasteiger partial charge in [0.15, 0.2) is 11.9 Å². The van der Waals surface area contributed by atoms with Crippen molar-refractivity contribution < 1.29 is 28.8 Å². The third-order valence-electron chi connectivity index (χ3n) is 4.44. The average molecular weight is 393 g/mol. The minimum absolute atomic E-state index is 0.00766. The van der Waals surface area contributed by atoms with Gasteiger partial charge in [-0.1, -0.05) is 19.3 Å². The van der Waals surface area contributed by atoms with E-state index >= 15 is 0 Å². The molecule has 0 aromatic heterocycles. The number of amides is 3. The maximum Gasteiger partial charge on any atom is 0.339 e. The highest BCUT2D eigenvalue weighted by Crippen LogP contribution is 2.27. The van der Waals surface area contributed by atoms with Gasteiger partial charge in [0.1, 0.15) is 0 Å². The van der Waals surface area contributed by atoms with Crippen LogP contribution >= 0.6 is 0 Å². The van der Waals surface area contributed by atoms with E-state index in [0.717, 1.165) is 38.2 Å². The monoisotopic (exact) mass is 393 g/mol. The van der Waals surface area contributed by atoms with Gasteiger partial charge in [-0.25, -0.2) is 9.59 Å². The molecule has 1 saturated carbocycles. The topological polar surface area (TPSA) is 137 Å². The number of esters is 1. The Bertz CT molecular complexity index is 760. The van der Waals surface area contributed by atoms with Gasteiger partial charge in [-0.05, 0) is 31.9 Å². The Kier molecular flexibility index (Phi) is 7.30. The quantitative estimate of drug-likeness (QED) is 0.430. The van der Waals surface area contributed by atoms with E-state index in [2.05, 4.69) is 10.6 Å². The number of methoxy groups -OCH3 is 1. The molecule has 1 aromatic carbocycles. The van der Waals surface area contributed by atoms with E-state index < -0.39 is 34.6 Å². The molecule has 28 heavy (non-hydrogen) atoms. The smallest absolute Gasteiger partial charge is 0.339 e. The van der Waals surface area contributed by atoms with E-state index in [0.29, 0.717) is 0 Å². The number of hydrogen-bond acceptors (Lipinski definition) is 7. The van der Waals surface area contributed by atoms with Crippen molar-refractivity contribution >= 4 is 23.6 Å². The summed E-state index contributed by atoms with van der Waals surface area (Å²) in [6.45, 7) is 1.30. The molecular weight excluding hydrogens is 370 g/mol. The number of nitrogens with zero attached hydrogens (tertiary/aromatic N) is 1. The van der Waals surface area contributed by atoms with Crippen LogP contribution < -0.4 is 15.4 Å². The molecule has 1 atom stereocenters. The number of imide groups is 1. The molecule has 0 aliphatic heterocycles. The van der Waals surface area contributed by atoms with Gasteiger partial charge < -0.3 is 14.8 Å². The van der Waals surface area contributed by atoms with Gasteiger partial charge in [-0.15, -0.1) is 0 Å². The molecular formula is C18H23N3O7. The summed E-state index contributed by atoms with van der Waals surface area (Å²) in [5, 5.41) is 15.9. The van der Waals surface area contributed by atoms with Crippen LogP contribution in [0.25, 0.3) is 0 Å². The van der Waals surface area contributed by atoms with E-state index in [-0.39, 0.29) is 17.4 Å². The lowest BCUT2D eigenvalue weighted by Crippen LogP contribution is -2.48. The van der Waals surface area contributed by atoms with Crippen LogP contribution in [0, 0.1) is 10.1 Å². The first-order valence-electron chi connectivity index (χ1n) is 8.96. The molecule has 0 saturated heterocycles. The average Bonchev–Trinajstić information content (AvgIpc) is 2.67. The fraction of sp³-hybridized carbons (Fsp3) is 0.500. The number of carbonyl (C=O) groups is 3. The second-order valence-electron chi connectivity index (χ2n) is 6.49. The van der Waals surface area contributed by atoms with Crippen LogP contribution in [-0.2, 0) is 9.53 Å². The summed E-state index contributed by atoms with van der Waals surface area (Å²) >= 11 is 0. The lowest BCUT2D eigenvalue weighted by atomic mass is 9.96. The minimum atomic E-state index is -1.26. The first kappa shape index (κ1) is 21.1. The number of benzene rings is 1. The predicted octanol–water partition coefficient (Wildman–Crippen LogP) is 2.31. The fourth-order valence-corrected chi connectivity index (χ4v) is 2.92. The van der Waals surface area contributed by atoms with E-state index in [1.165, 1.54) is 26.2 Å². The molecule has 0 spiro atoms. The summed E-state index contributed by atoms with van der Waals surface area (Å²) in [6.07, 6.45) is 3.66. The van der Waals surface area contributed by atoms with Gasteiger partial charge >= 0.3 is 17.7 Å². The van der Waals surface area contributed by atoms with E-state index in [4.69, 9.17) is 9.47 Å². The first-order valence-corrected chi connectivity index (χ1v) is 8.96. The molecule has 2 rings (SSSR count). The largest absolute Gasteiger partial charge is 0.490 e. The maximum atomic E-state index is 12.2. The molecule has 10 heteroatoms. The Morgan fingerprint density at radius 3 is 2.50 bits per heavy atom. The molecule has 2 N–H and O–H groups in total. The molecule has 1 fully saturated rings. The van der Waals surface area contributed by atoms with Crippen LogP contribution in [0.3, 0.4) is 0 Å². The summed E-state index contributed by atoms with van der Waals surface area (Å²) in [7, 11) is 1.27. The van der Waals surface area contributed by atoms with Crippen LogP contribution in [-0.4, -0.2) is 42.1 Å².